The lowest BCUT2D eigenvalue weighted by molar-refractivity contribution is 0.0686. The highest BCUT2D eigenvalue weighted by molar-refractivity contribution is 5.93. The number of rotatable bonds is 9. The molecule has 2 aliphatic heterocycles. The Labute approximate surface area is 420 Å². The molecule has 6 heterocycles. The summed E-state index contributed by atoms with van der Waals surface area (Å²) in [5, 5.41) is 27.3. The van der Waals surface area contributed by atoms with Crippen molar-refractivity contribution in [2.24, 2.45) is 0 Å². The average Bonchev–Trinajstić information content (AvgIpc) is 4.31. The van der Waals surface area contributed by atoms with E-state index in [1.54, 1.807) is 61.1 Å². The number of carbonyl (C=O) groups is 3. The van der Waals surface area contributed by atoms with Gasteiger partial charge in [0.1, 0.15) is 16.6 Å². The SMILES string of the molecule is O=C(O)c1ccc2oc(-c3ccc(N4CCOCC4)cc3)nc2c1.O=C(O)c1cccc(-c2nc3ccc(-n4ccnc4)cc3o2)c1.O=C(O)c1cccc(-c2nc3ccc(N4CCc5ccccc54)cc3o2)c1. The van der Waals surface area contributed by atoms with Crippen LogP contribution >= 0.6 is 0 Å². The third-order valence-electron chi connectivity index (χ3n) is 12.6. The first kappa shape index (κ1) is 46.5. The van der Waals surface area contributed by atoms with Crippen molar-refractivity contribution >= 4 is 68.3 Å². The Kier molecular flexibility index (Phi) is 12.6. The van der Waals surface area contributed by atoms with Gasteiger partial charge >= 0.3 is 17.9 Å². The first-order valence-electron chi connectivity index (χ1n) is 23.5. The molecule has 17 nitrogen and oxygen atoms in total. The number of carboxylic acids is 3. The van der Waals surface area contributed by atoms with E-state index in [9.17, 15) is 19.5 Å². The summed E-state index contributed by atoms with van der Waals surface area (Å²) in [6.07, 6.45) is 6.27. The molecule has 11 aromatic rings. The summed E-state index contributed by atoms with van der Waals surface area (Å²) in [5.74, 6) is -1.62. The minimum absolute atomic E-state index is 0.198. The Bertz CT molecular complexity index is 3860. The fourth-order valence-electron chi connectivity index (χ4n) is 8.81. The summed E-state index contributed by atoms with van der Waals surface area (Å²) in [6.45, 7) is 4.21. The predicted molar refractivity (Wildman–Crippen MR) is 277 cm³/mol. The average molecular weight is 986 g/mol. The molecule has 366 valence electrons. The number of hydrogen-bond donors (Lipinski definition) is 3. The molecule has 0 amide bonds. The number of carboxylic acid groups (broad SMARTS) is 3. The van der Waals surface area contributed by atoms with Gasteiger partial charge in [-0.1, -0.05) is 30.3 Å². The molecule has 0 unspecified atom stereocenters. The first-order chi connectivity index (χ1) is 36.1. The monoisotopic (exact) mass is 985 g/mol. The predicted octanol–water partition coefficient (Wildman–Crippen LogP) is 11.3. The van der Waals surface area contributed by atoms with Crippen LogP contribution in [0.5, 0.6) is 0 Å². The van der Waals surface area contributed by atoms with E-state index < -0.39 is 17.9 Å². The normalized spacial score (nSPS) is 13.0. The number of imidazole rings is 1. The van der Waals surface area contributed by atoms with Gasteiger partial charge in [-0.05, 0) is 121 Å². The lowest BCUT2D eigenvalue weighted by Gasteiger charge is -2.28. The van der Waals surface area contributed by atoms with Crippen molar-refractivity contribution in [2.45, 2.75) is 6.42 Å². The van der Waals surface area contributed by atoms with Gasteiger partial charge in [0.05, 0.1) is 41.9 Å². The van der Waals surface area contributed by atoms with E-state index in [4.69, 9.17) is 28.2 Å². The van der Waals surface area contributed by atoms with Crippen LogP contribution < -0.4 is 9.80 Å². The maximum absolute atomic E-state index is 11.2. The Balaban J connectivity index is 0.000000120. The van der Waals surface area contributed by atoms with Crippen LogP contribution in [0.25, 0.3) is 73.3 Å². The first-order valence-corrected chi connectivity index (χ1v) is 23.5. The summed E-state index contributed by atoms with van der Waals surface area (Å²) < 4.78 is 24.7. The van der Waals surface area contributed by atoms with Crippen LogP contribution in [0.3, 0.4) is 0 Å². The van der Waals surface area contributed by atoms with E-state index in [1.165, 1.54) is 29.4 Å². The number of ether oxygens (including phenoxy) is 1. The van der Waals surface area contributed by atoms with Crippen molar-refractivity contribution in [3.63, 3.8) is 0 Å². The number of morpholine rings is 1. The van der Waals surface area contributed by atoms with Crippen LogP contribution in [-0.4, -0.2) is 90.6 Å². The van der Waals surface area contributed by atoms with Crippen molar-refractivity contribution in [3.8, 4) is 40.0 Å². The molecule has 0 aliphatic carbocycles. The van der Waals surface area contributed by atoms with Crippen LogP contribution in [0.1, 0.15) is 36.6 Å². The second kappa shape index (κ2) is 20.1. The molecule has 0 radical (unpaired) electrons. The number of aromatic carboxylic acids is 3. The van der Waals surface area contributed by atoms with Crippen molar-refractivity contribution in [1.82, 2.24) is 24.5 Å². The van der Waals surface area contributed by atoms with E-state index in [-0.39, 0.29) is 16.7 Å². The molecular formula is C57H43N7O10. The van der Waals surface area contributed by atoms with Crippen LogP contribution in [0.4, 0.5) is 17.1 Å². The fraction of sp³-hybridized carbons (Fsp3) is 0.105. The Hall–Kier alpha value is -9.87. The van der Waals surface area contributed by atoms with Crippen molar-refractivity contribution in [1.29, 1.82) is 0 Å². The number of hydrogen-bond acceptors (Lipinski definition) is 13. The molecule has 13 rings (SSSR count). The molecule has 74 heavy (non-hydrogen) atoms. The van der Waals surface area contributed by atoms with E-state index in [0.29, 0.717) is 56.6 Å². The summed E-state index contributed by atoms with van der Waals surface area (Å²) in [6, 6.07) is 45.9. The van der Waals surface area contributed by atoms with Gasteiger partial charge in [-0.3, -0.25) is 0 Å². The molecule has 4 aromatic heterocycles. The fourth-order valence-corrected chi connectivity index (χ4v) is 8.81. The number of fused-ring (bicyclic) bond motifs is 4. The third kappa shape index (κ3) is 9.77. The number of para-hydroxylation sites is 1. The lowest BCUT2D eigenvalue weighted by atomic mass is 10.1. The van der Waals surface area contributed by atoms with Gasteiger partial charge in [-0.25, -0.2) is 34.3 Å². The molecule has 2 aliphatic rings. The Morgan fingerprint density at radius 2 is 1.05 bits per heavy atom. The van der Waals surface area contributed by atoms with Crippen molar-refractivity contribution in [2.75, 3.05) is 42.6 Å². The van der Waals surface area contributed by atoms with Crippen LogP contribution in [0.2, 0.25) is 0 Å². The molecule has 0 atom stereocenters. The van der Waals surface area contributed by atoms with E-state index >= 15 is 0 Å². The van der Waals surface area contributed by atoms with Crippen LogP contribution in [0.15, 0.2) is 184 Å². The molecular weight excluding hydrogens is 943 g/mol. The van der Waals surface area contributed by atoms with Crippen LogP contribution in [-0.2, 0) is 11.2 Å². The number of oxazole rings is 3. The molecule has 0 bridgehead atoms. The second-order valence-corrected chi connectivity index (χ2v) is 17.3. The zero-order chi connectivity index (χ0) is 50.7. The zero-order valence-corrected chi connectivity index (χ0v) is 39.2. The highest BCUT2D eigenvalue weighted by Gasteiger charge is 2.22. The number of aromatic nitrogens is 5. The smallest absolute Gasteiger partial charge is 0.335 e. The highest BCUT2D eigenvalue weighted by Crippen LogP contribution is 2.37. The van der Waals surface area contributed by atoms with Gasteiger partial charge in [0.2, 0.25) is 17.7 Å². The van der Waals surface area contributed by atoms with E-state index in [2.05, 4.69) is 54.0 Å². The minimum Gasteiger partial charge on any atom is -0.478 e. The number of benzene rings is 7. The Morgan fingerprint density at radius 3 is 1.69 bits per heavy atom. The summed E-state index contributed by atoms with van der Waals surface area (Å²) in [7, 11) is 0. The van der Waals surface area contributed by atoms with Crippen molar-refractivity contribution < 1.29 is 47.7 Å². The van der Waals surface area contributed by atoms with E-state index in [1.807, 2.05) is 71.4 Å². The lowest BCUT2D eigenvalue weighted by Crippen LogP contribution is -2.36. The minimum atomic E-state index is -0.981. The molecule has 0 saturated carbocycles. The Morgan fingerprint density at radius 1 is 0.486 bits per heavy atom. The topological polar surface area (TPSA) is 224 Å². The van der Waals surface area contributed by atoms with Gasteiger partial charge in [-0.2, -0.15) is 0 Å². The second-order valence-electron chi connectivity index (χ2n) is 17.3. The maximum atomic E-state index is 11.2. The third-order valence-corrected chi connectivity index (χ3v) is 12.6. The molecule has 0 spiro atoms. The quantitative estimate of drug-likeness (QED) is 0.122. The van der Waals surface area contributed by atoms with Gasteiger partial charge in [-0.15, -0.1) is 0 Å². The summed E-state index contributed by atoms with van der Waals surface area (Å²) >= 11 is 0. The van der Waals surface area contributed by atoms with Crippen molar-refractivity contribution in [3.05, 3.63) is 193 Å². The largest absolute Gasteiger partial charge is 0.478 e. The highest BCUT2D eigenvalue weighted by atomic mass is 16.5. The van der Waals surface area contributed by atoms with Crippen LogP contribution in [0, 0.1) is 0 Å². The molecule has 7 aromatic carbocycles. The van der Waals surface area contributed by atoms with Gasteiger partial charge in [0, 0.05) is 77.9 Å². The molecule has 1 saturated heterocycles. The van der Waals surface area contributed by atoms with Gasteiger partial charge in [0.25, 0.3) is 0 Å². The molecule has 17 heteroatoms. The maximum Gasteiger partial charge on any atom is 0.335 e. The molecule has 3 N–H and O–H groups in total. The number of anilines is 3. The zero-order valence-electron chi connectivity index (χ0n) is 39.2. The summed E-state index contributed by atoms with van der Waals surface area (Å²) in [5.41, 5.74) is 12.4. The summed E-state index contributed by atoms with van der Waals surface area (Å²) in [4.78, 5) is 55.2. The molecule has 1 fully saturated rings. The number of nitrogens with zero attached hydrogens (tertiary/aromatic N) is 7. The van der Waals surface area contributed by atoms with E-state index in [0.717, 1.165) is 67.4 Å². The standard InChI is InChI=1S/C22H16N2O3.C18H16N2O4.C17H11N3O3/c25-22(26)16-6-3-5-15(12-16)21-23-18-9-8-17(13-20(18)27-21)24-11-10-14-4-1-2-7-19(14)24;21-18(22)13-3-6-16-15(11-13)19-17(24-16)12-1-4-14(5-2-12)20-7-9-23-10-8-20;21-17(22)12-3-1-2-11(8-12)16-19-14-5-4-13(9-15(14)23-16)20-7-6-18-10-20/h1-9,12-13H,10-11H2,(H,25,26);1-6,11H,7-10H2,(H,21,22);1-10H,(H,21,22). The van der Waals surface area contributed by atoms with Gasteiger partial charge in [0.15, 0.2) is 16.7 Å². The van der Waals surface area contributed by atoms with Gasteiger partial charge < -0.3 is 47.7 Å².